The van der Waals surface area contributed by atoms with E-state index in [9.17, 15) is 0 Å². The van der Waals surface area contributed by atoms with Gasteiger partial charge >= 0.3 is 0 Å². The minimum atomic E-state index is -0.0847. The standard InChI is InChI=1S/C16H22ClN3/c1-4-16(8-5-9-16)10-20-14(12(3)17)19-13-7-6-11(2)18-15(13)20/h6-7,12H,4-5,8-10H2,1-3H3. The van der Waals surface area contributed by atoms with Crippen molar-refractivity contribution in [2.45, 2.75) is 58.4 Å². The Morgan fingerprint density at radius 3 is 2.65 bits per heavy atom. The average molecular weight is 292 g/mol. The predicted octanol–water partition coefficient (Wildman–Crippen LogP) is 4.62. The van der Waals surface area contributed by atoms with Crippen molar-refractivity contribution in [2.75, 3.05) is 0 Å². The van der Waals surface area contributed by atoms with Gasteiger partial charge in [-0.1, -0.05) is 13.3 Å². The van der Waals surface area contributed by atoms with Crippen molar-refractivity contribution >= 4 is 22.8 Å². The minimum absolute atomic E-state index is 0.0847. The van der Waals surface area contributed by atoms with Crippen LogP contribution in [0.25, 0.3) is 11.2 Å². The molecule has 0 bridgehead atoms. The fourth-order valence-electron chi connectivity index (χ4n) is 3.21. The van der Waals surface area contributed by atoms with Crippen LogP contribution in [0.5, 0.6) is 0 Å². The van der Waals surface area contributed by atoms with E-state index in [0.29, 0.717) is 5.41 Å². The third kappa shape index (κ3) is 2.22. The highest BCUT2D eigenvalue weighted by Crippen LogP contribution is 2.46. The van der Waals surface area contributed by atoms with Crippen molar-refractivity contribution in [1.29, 1.82) is 0 Å². The molecule has 0 spiro atoms. The lowest BCUT2D eigenvalue weighted by Crippen LogP contribution is -2.34. The molecule has 1 aliphatic carbocycles. The van der Waals surface area contributed by atoms with Gasteiger partial charge in [-0.25, -0.2) is 9.97 Å². The minimum Gasteiger partial charge on any atom is -0.311 e. The largest absolute Gasteiger partial charge is 0.311 e. The second-order valence-corrected chi connectivity index (χ2v) is 6.83. The summed E-state index contributed by atoms with van der Waals surface area (Å²) >= 11 is 6.34. The third-order valence-corrected chi connectivity index (χ3v) is 4.97. The summed E-state index contributed by atoms with van der Waals surface area (Å²) in [5.74, 6) is 0.958. The lowest BCUT2D eigenvalue weighted by atomic mass is 9.67. The van der Waals surface area contributed by atoms with Crippen LogP contribution < -0.4 is 0 Å². The first-order valence-corrected chi connectivity index (χ1v) is 7.96. The number of nitrogens with zero attached hydrogens (tertiary/aromatic N) is 3. The van der Waals surface area contributed by atoms with Crippen LogP contribution >= 0.6 is 11.6 Å². The molecule has 2 aromatic rings. The van der Waals surface area contributed by atoms with E-state index in [0.717, 1.165) is 29.2 Å². The van der Waals surface area contributed by atoms with Crippen LogP contribution in [0, 0.1) is 12.3 Å². The van der Waals surface area contributed by atoms with E-state index in [-0.39, 0.29) is 5.38 Å². The van der Waals surface area contributed by atoms with Crippen molar-refractivity contribution in [3.63, 3.8) is 0 Å². The molecule has 0 N–H and O–H groups in total. The Hall–Kier alpha value is -1.09. The maximum atomic E-state index is 6.34. The summed E-state index contributed by atoms with van der Waals surface area (Å²) < 4.78 is 2.27. The predicted molar refractivity (Wildman–Crippen MR) is 83.1 cm³/mol. The number of fused-ring (bicyclic) bond motifs is 1. The SMILES string of the molecule is CCC1(Cn2c(C(C)Cl)nc3ccc(C)nc32)CCC1. The van der Waals surface area contributed by atoms with Crippen molar-refractivity contribution < 1.29 is 0 Å². The van der Waals surface area contributed by atoms with Gasteiger partial charge in [0.1, 0.15) is 11.3 Å². The molecule has 1 atom stereocenters. The summed E-state index contributed by atoms with van der Waals surface area (Å²) in [5.41, 5.74) is 3.42. The zero-order chi connectivity index (χ0) is 14.3. The van der Waals surface area contributed by atoms with Crippen LogP contribution in [-0.2, 0) is 6.54 Å². The second kappa shape index (κ2) is 5.03. The number of rotatable bonds is 4. The summed E-state index contributed by atoms with van der Waals surface area (Å²) in [4.78, 5) is 9.40. The second-order valence-electron chi connectivity index (χ2n) is 6.17. The van der Waals surface area contributed by atoms with Gasteiger partial charge < -0.3 is 4.57 Å². The first-order valence-electron chi connectivity index (χ1n) is 7.52. The Morgan fingerprint density at radius 1 is 1.35 bits per heavy atom. The summed E-state index contributed by atoms with van der Waals surface area (Å²) in [7, 11) is 0. The van der Waals surface area contributed by atoms with Crippen LogP contribution in [0.15, 0.2) is 12.1 Å². The first kappa shape index (κ1) is 13.9. The molecule has 3 nitrogen and oxygen atoms in total. The summed E-state index contributed by atoms with van der Waals surface area (Å²) in [5, 5.41) is -0.0847. The molecule has 4 heteroatoms. The van der Waals surface area contributed by atoms with Crippen molar-refractivity contribution in [1.82, 2.24) is 14.5 Å². The molecule has 0 radical (unpaired) electrons. The maximum Gasteiger partial charge on any atom is 0.160 e. The number of imidazole rings is 1. The van der Waals surface area contributed by atoms with Gasteiger partial charge in [0, 0.05) is 12.2 Å². The Morgan fingerprint density at radius 2 is 2.10 bits per heavy atom. The van der Waals surface area contributed by atoms with E-state index in [2.05, 4.69) is 17.6 Å². The fourth-order valence-corrected chi connectivity index (χ4v) is 3.38. The molecule has 1 unspecified atom stereocenters. The van der Waals surface area contributed by atoms with Crippen LogP contribution in [0.3, 0.4) is 0 Å². The monoisotopic (exact) mass is 291 g/mol. The van der Waals surface area contributed by atoms with E-state index in [4.69, 9.17) is 21.6 Å². The van der Waals surface area contributed by atoms with E-state index in [1.54, 1.807) is 0 Å². The van der Waals surface area contributed by atoms with Gasteiger partial charge in [-0.15, -0.1) is 11.6 Å². The molecule has 2 heterocycles. The molecular formula is C16H22ClN3. The number of hydrogen-bond donors (Lipinski definition) is 0. The van der Waals surface area contributed by atoms with Gasteiger partial charge in [0.25, 0.3) is 0 Å². The molecule has 0 saturated heterocycles. The van der Waals surface area contributed by atoms with E-state index < -0.39 is 0 Å². The Bertz CT molecular complexity index is 620. The molecule has 1 saturated carbocycles. The highest BCUT2D eigenvalue weighted by atomic mass is 35.5. The van der Waals surface area contributed by atoms with Gasteiger partial charge in [-0.2, -0.15) is 0 Å². The van der Waals surface area contributed by atoms with Crippen molar-refractivity contribution in [3.05, 3.63) is 23.7 Å². The summed E-state index contributed by atoms with van der Waals surface area (Å²) in [6, 6.07) is 4.07. The Labute approximate surface area is 125 Å². The van der Waals surface area contributed by atoms with Crippen LogP contribution in [-0.4, -0.2) is 14.5 Å². The summed E-state index contributed by atoms with van der Waals surface area (Å²) in [6.07, 6.45) is 5.18. The number of aryl methyl sites for hydroxylation is 1. The molecule has 1 fully saturated rings. The van der Waals surface area contributed by atoms with Gasteiger partial charge in [0.15, 0.2) is 5.65 Å². The molecule has 2 aromatic heterocycles. The molecule has 1 aliphatic rings. The lowest BCUT2D eigenvalue weighted by Gasteiger charge is -2.42. The Balaban J connectivity index is 2.10. The van der Waals surface area contributed by atoms with E-state index in [1.807, 2.05) is 19.9 Å². The van der Waals surface area contributed by atoms with Crippen LogP contribution in [0.1, 0.15) is 56.4 Å². The molecule has 0 aliphatic heterocycles. The number of alkyl halides is 1. The molecule has 20 heavy (non-hydrogen) atoms. The number of halogens is 1. The molecular weight excluding hydrogens is 270 g/mol. The first-order chi connectivity index (χ1) is 9.54. The van der Waals surface area contributed by atoms with Crippen LogP contribution in [0.2, 0.25) is 0 Å². The highest BCUT2D eigenvalue weighted by molar-refractivity contribution is 6.20. The number of hydrogen-bond acceptors (Lipinski definition) is 2. The highest BCUT2D eigenvalue weighted by Gasteiger charge is 2.36. The average Bonchev–Trinajstić information content (AvgIpc) is 2.72. The maximum absolute atomic E-state index is 6.34. The number of aromatic nitrogens is 3. The zero-order valence-electron chi connectivity index (χ0n) is 12.5. The molecule has 108 valence electrons. The lowest BCUT2D eigenvalue weighted by molar-refractivity contribution is 0.100. The smallest absolute Gasteiger partial charge is 0.160 e. The zero-order valence-corrected chi connectivity index (χ0v) is 13.2. The van der Waals surface area contributed by atoms with Crippen molar-refractivity contribution in [3.8, 4) is 0 Å². The molecule has 0 aromatic carbocycles. The molecule has 0 amide bonds. The number of pyridine rings is 1. The molecule has 3 rings (SSSR count). The summed E-state index contributed by atoms with van der Waals surface area (Å²) in [6.45, 7) is 7.31. The third-order valence-electron chi connectivity index (χ3n) is 4.77. The fraction of sp³-hybridized carbons (Fsp3) is 0.625. The Kier molecular flexibility index (Phi) is 3.49. The van der Waals surface area contributed by atoms with Gasteiger partial charge in [0.2, 0.25) is 0 Å². The van der Waals surface area contributed by atoms with Gasteiger partial charge in [-0.3, -0.25) is 0 Å². The van der Waals surface area contributed by atoms with E-state index in [1.165, 1.54) is 25.7 Å². The van der Waals surface area contributed by atoms with Crippen molar-refractivity contribution in [2.24, 2.45) is 5.41 Å². The van der Waals surface area contributed by atoms with Crippen LogP contribution in [0.4, 0.5) is 0 Å². The normalized spacial score (nSPS) is 19.0. The van der Waals surface area contributed by atoms with Gasteiger partial charge in [-0.05, 0) is 50.7 Å². The quantitative estimate of drug-likeness (QED) is 0.770. The topological polar surface area (TPSA) is 30.7 Å². The van der Waals surface area contributed by atoms with E-state index >= 15 is 0 Å². The van der Waals surface area contributed by atoms with Gasteiger partial charge in [0.05, 0.1) is 5.38 Å².